The van der Waals surface area contributed by atoms with Crippen LogP contribution in [0.1, 0.15) is 48.6 Å². The lowest BCUT2D eigenvalue weighted by atomic mass is 9.95. The third-order valence-corrected chi connectivity index (χ3v) is 7.36. The van der Waals surface area contributed by atoms with Crippen molar-refractivity contribution in [2.75, 3.05) is 43.4 Å². The number of anilines is 2. The zero-order chi connectivity index (χ0) is 26.9. The van der Waals surface area contributed by atoms with Crippen LogP contribution in [0.25, 0.3) is 11.3 Å². The molecule has 0 spiro atoms. The summed E-state index contributed by atoms with van der Waals surface area (Å²) in [6.07, 6.45) is 2.08. The minimum Gasteiger partial charge on any atom is -0.382 e. The fraction of sp³-hybridized carbons (Fsp3) is 0.462. The first-order chi connectivity index (χ1) is 18.2. The van der Waals surface area contributed by atoms with Crippen LogP contribution in [0.4, 0.5) is 29.2 Å². The molecule has 38 heavy (non-hydrogen) atoms. The predicted octanol–water partition coefficient (Wildman–Crippen LogP) is 4.43. The Balaban J connectivity index is 1.41. The Bertz CT molecular complexity index is 1330. The van der Waals surface area contributed by atoms with E-state index >= 15 is 0 Å². The highest BCUT2D eigenvalue weighted by Gasteiger charge is 2.35. The van der Waals surface area contributed by atoms with Crippen LogP contribution in [-0.4, -0.2) is 57.1 Å². The zero-order valence-corrected chi connectivity index (χ0v) is 20.8. The number of rotatable bonds is 6. The summed E-state index contributed by atoms with van der Waals surface area (Å²) < 4.78 is 56.0. The molecule has 2 fully saturated rings. The number of likely N-dealkylation sites (tertiary alicyclic amines) is 1. The molecule has 0 unspecified atom stereocenters. The van der Waals surface area contributed by atoms with Gasteiger partial charge in [0, 0.05) is 43.9 Å². The van der Waals surface area contributed by atoms with Gasteiger partial charge < -0.3 is 20.1 Å². The molecule has 2 aliphatic rings. The number of alkyl halides is 3. The number of halogens is 4. The second kappa shape index (κ2) is 10.6. The molecule has 0 aliphatic carbocycles. The van der Waals surface area contributed by atoms with Crippen LogP contribution >= 0.6 is 0 Å². The molecule has 1 aromatic carbocycles. The van der Waals surface area contributed by atoms with E-state index in [4.69, 9.17) is 10.7 Å². The number of nitrogens with two attached hydrogens (primary N) is 1. The van der Waals surface area contributed by atoms with E-state index in [1.54, 1.807) is 6.20 Å². The van der Waals surface area contributed by atoms with Crippen molar-refractivity contribution in [3.05, 3.63) is 53.5 Å². The molecule has 12 heteroatoms. The van der Waals surface area contributed by atoms with Gasteiger partial charge in [-0.2, -0.15) is 18.4 Å². The summed E-state index contributed by atoms with van der Waals surface area (Å²) in [5.74, 6) is 0.205. The third kappa shape index (κ3) is 5.29. The van der Waals surface area contributed by atoms with E-state index in [9.17, 15) is 22.8 Å². The summed E-state index contributed by atoms with van der Waals surface area (Å²) in [6, 6.07) is 5.10. The van der Waals surface area contributed by atoms with E-state index in [0.717, 1.165) is 50.4 Å². The molecule has 200 valence electrons. The van der Waals surface area contributed by atoms with Crippen molar-refractivity contribution < 1.29 is 17.6 Å². The topological polar surface area (TPSA) is 99.9 Å². The number of nitriles is 1. The smallest absolute Gasteiger partial charge is 0.382 e. The number of benzene rings is 1. The molecule has 0 amide bonds. The highest BCUT2D eigenvalue weighted by Crippen LogP contribution is 2.36. The van der Waals surface area contributed by atoms with Gasteiger partial charge >= 0.3 is 6.18 Å². The van der Waals surface area contributed by atoms with Gasteiger partial charge in [0.1, 0.15) is 35.4 Å². The molecule has 2 saturated heterocycles. The van der Waals surface area contributed by atoms with Gasteiger partial charge in [0.15, 0.2) is 5.82 Å². The van der Waals surface area contributed by atoms with E-state index in [1.807, 2.05) is 9.47 Å². The number of hydrogen-bond donors (Lipinski definition) is 1. The Morgan fingerprint density at radius 1 is 1.05 bits per heavy atom. The Kier molecular flexibility index (Phi) is 7.21. The molecular formula is C26H28F4N8. The number of aromatic nitrogens is 4. The fourth-order valence-corrected chi connectivity index (χ4v) is 5.32. The first kappa shape index (κ1) is 25.9. The van der Waals surface area contributed by atoms with Crippen molar-refractivity contribution in [1.29, 1.82) is 5.26 Å². The van der Waals surface area contributed by atoms with Crippen LogP contribution in [-0.2, 0) is 12.7 Å². The van der Waals surface area contributed by atoms with Crippen LogP contribution in [0.2, 0.25) is 0 Å². The molecule has 2 aliphatic heterocycles. The van der Waals surface area contributed by atoms with E-state index in [1.165, 1.54) is 12.4 Å². The first-order valence-corrected chi connectivity index (χ1v) is 12.7. The average molecular weight is 529 g/mol. The quantitative estimate of drug-likeness (QED) is 0.473. The number of imidazole rings is 1. The zero-order valence-electron chi connectivity index (χ0n) is 20.8. The molecule has 2 aromatic heterocycles. The van der Waals surface area contributed by atoms with Gasteiger partial charge in [-0.3, -0.25) is 0 Å². The molecule has 4 heterocycles. The maximum absolute atomic E-state index is 13.9. The summed E-state index contributed by atoms with van der Waals surface area (Å²) in [6.45, 7) is 4.77. The van der Waals surface area contributed by atoms with Crippen molar-refractivity contribution in [2.24, 2.45) is 0 Å². The summed E-state index contributed by atoms with van der Waals surface area (Å²) in [4.78, 5) is 17.3. The van der Waals surface area contributed by atoms with Crippen molar-refractivity contribution in [1.82, 2.24) is 24.4 Å². The molecule has 3 aromatic rings. The summed E-state index contributed by atoms with van der Waals surface area (Å²) in [7, 11) is 0. The average Bonchev–Trinajstić information content (AvgIpc) is 3.57. The van der Waals surface area contributed by atoms with Crippen molar-refractivity contribution >= 4 is 11.6 Å². The SMILES string of the molecule is N#Cc1c(N)ncnc1N1CCC(c2nc(-c3ccc(F)c(C(F)(F)F)c3)cn2CCN2CCCC2)CC1. The van der Waals surface area contributed by atoms with Crippen LogP contribution in [0.5, 0.6) is 0 Å². The number of hydrogen-bond acceptors (Lipinski definition) is 7. The Hall–Kier alpha value is -3.72. The van der Waals surface area contributed by atoms with Gasteiger partial charge in [-0.1, -0.05) is 0 Å². The van der Waals surface area contributed by atoms with Gasteiger partial charge in [-0.15, -0.1) is 0 Å². The van der Waals surface area contributed by atoms with E-state index in [0.29, 0.717) is 44.0 Å². The standard InChI is InChI=1S/C26H28F4N8/c27-21-4-3-18(13-20(21)26(28,29)30)22-15-38(12-11-36-7-1-2-8-36)24(35-22)17-5-9-37(10-6-17)25-19(14-31)23(32)33-16-34-25/h3-4,13,15-17H,1-2,5-12H2,(H2,32,33,34). The van der Waals surface area contributed by atoms with Crippen LogP contribution in [0.15, 0.2) is 30.7 Å². The monoisotopic (exact) mass is 528 g/mol. The molecule has 2 N–H and O–H groups in total. The second-order valence-corrected chi connectivity index (χ2v) is 9.75. The number of nitrogen functional groups attached to an aromatic ring is 1. The molecular weight excluding hydrogens is 500 g/mol. The Morgan fingerprint density at radius 3 is 2.47 bits per heavy atom. The first-order valence-electron chi connectivity index (χ1n) is 12.7. The van der Waals surface area contributed by atoms with Gasteiger partial charge in [-0.05, 0) is 57.0 Å². The third-order valence-electron chi connectivity index (χ3n) is 7.36. The van der Waals surface area contributed by atoms with E-state index < -0.39 is 17.6 Å². The Morgan fingerprint density at radius 2 is 1.79 bits per heavy atom. The number of nitrogens with zero attached hydrogens (tertiary/aromatic N) is 7. The lowest BCUT2D eigenvalue weighted by Gasteiger charge is -2.33. The van der Waals surface area contributed by atoms with Crippen LogP contribution in [0, 0.1) is 17.1 Å². The minimum atomic E-state index is -4.79. The van der Waals surface area contributed by atoms with Crippen molar-refractivity contribution in [2.45, 2.75) is 44.3 Å². The maximum Gasteiger partial charge on any atom is 0.419 e. The normalized spacial score (nSPS) is 17.2. The summed E-state index contributed by atoms with van der Waals surface area (Å²) >= 11 is 0. The molecule has 8 nitrogen and oxygen atoms in total. The van der Waals surface area contributed by atoms with Crippen LogP contribution < -0.4 is 10.6 Å². The van der Waals surface area contributed by atoms with Crippen LogP contribution in [0.3, 0.4) is 0 Å². The largest absolute Gasteiger partial charge is 0.419 e. The number of piperidine rings is 1. The van der Waals surface area contributed by atoms with Crippen molar-refractivity contribution in [3.8, 4) is 17.3 Å². The fourth-order valence-electron chi connectivity index (χ4n) is 5.32. The van der Waals surface area contributed by atoms with Gasteiger partial charge in [-0.25, -0.2) is 19.3 Å². The molecule has 0 radical (unpaired) electrons. The van der Waals surface area contributed by atoms with E-state index in [2.05, 4.69) is 20.9 Å². The molecule has 0 bridgehead atoms. The summed E-state index contributed by atoms with van der Waals surface area (Å²) in [5, 5.41) is 9.50. The lowest BCUT2D eigenvalue weighted by molar-refractivity contribution is -0.139. The van der Waals surface area contributed by atoms with Gasteiger partial charge in [0.05, 0.1) is 11.3 Å². The molecule has 0 saturated carbocycles. The van der Waals surface area contributed by atoms with E-state index in [-0.39, 0.29) is 22.9 Å². The lowest BCUT2D eigenvalue weighted by Crippen LogP contribution is -2.35. The maximum atomic E-state index is 13.9. The second-order valence-electron chi connectivity index (χ2n) is 9.75. The minimum absolute atomic E-state index is 0.0610. The highest BCUT2D eigenvalue weighted by atomic mass is 19.4. The van der Waals surface area contributed by atoms with Gasteiger partial charge in [0.2, 0.25) is 0 Å². The van der Waals surface area contributed by atoms with Gasteiger partial charge in [0.25, 0.3) is 0 Å². The highest BCUT2D eigenvalue weighted by molar-refractivity contribution is 5.63. The predicted molar refractivity (Wildman–Crippen MR) is 134 cm³/mol. The molecule has 0 atom stereocenters. The summed E-state index contributed by atoms with van der Waals surface area (Å²) in [5.41, 5.74) is 5.43. The Labute approximate surface area is 217 Å². The van der Waals surface area contributed by atoms with Crippen molar-refractivity contribution in [3.63, 3.8) is 0 Å². The molecule has 5 rings (SSSR count).